The lowest BCUT2D eigenvalue weighted by molar-refractivity contribution is 0.290. The molecule has 2 aliphatic heterocycles. The Morgan fingerprint density at radius 1 is 0.806 bits per heavy atom. The first-order valence-corrected chi connectivity index (χ1v) is 13.6. The van der Waals surface area contributed by atoms with Crippen molar-refractivity contribution in [2.75, 3.05) is 32.8 Å². The lowest BCUT2D eigenvalue weighted by Gasteiger charge is -2.15. The number of unbranched alkanes of at least 4 members (excludes halogenated alkanes) is 2. The highest BCUT2D eigenvalue weighted by Gasteiger charge is 2.23. The minimum absolute atomic E-state index is 0.711. The average molecular weight is 481 g/mol. The molecule has 186 valence electrons. The van der Waals surface area contributed by atoms with Crippen LogP contribution in [0.3, 0.4) is 0 Å². The molecule has 6 rings (SSSR count). The summed E-state index contributed by atoms with van der Waals surface area (Å²) in [6, 6.07) is 25.9. The normalized spacial score (nSPS) is 15.3. The van der Waals surface area contributed by atoms with Crippen LogP contribution in [0, 0.1) is 0 Å². The second-order valence-corrected chi connectivity index (χ2v) is 10.1. The zero-order chi connectivity index (χ0) is 24.2. The smallest absolute Gasteiger partial charge is 0.128 e. The summed E-state index contributed by atoms with van der Waals surface area (Å²) in [4.78, 5) is 2.60. The minimum Gasteiger partial charge on any atom is -0.494 e. The van der Waals surface area contributed by atoms with E-state index in [4.69, 9.17) is 9.47 Å². The third-order valence-electron chi connectivity index (χ3n) is 7.68. The zero-order valence-corrected chi connectivity index (χ0v) is 21.1. The van der Waals surface area contributed by atoms with E-state index in [2.05, 4.69) is 82.3 Å². The van der Waals surface area contributed by atoms with Gasteiger partial charge in [-0.3, -0.25) is 0 Å². The summed E-state index contributed by atoms with van der Waals surface area (Å²) in [6.45, 7) is 6.17. The molecule has 0 unspecified atom stereocenters. The molecule has 36 heavy (non-hydrogen) atoms. The van der Waals surface area contributed by atoms with Crippen molar-refractivity contribution in [1.82, 2.24) is 9.47 Å². The van der Waals surface area contributed by atoms with Crippen molar-refractivity contribution in [2.45, 2.75) is 45.1 Å². The number of hydrogen-bond acceptors (Lipinski definition) is 3. The SMILES string of the molecule is c1ccc2c(c1)OCCc1c-2n(Cc2ccc(OCCCCCN3CCCC3)cc2)c2ccccc12. The maximum atomic E-state index is 6.11. The molecule has 3 heterocycles. The number of ether oxygens (including phenoxy) is 2. The van der Waals surface area contributed by atoms with Gasteiger partial charge in [0.1, 0.15) is 11.5 Å². The zero-order valence-electron chi connectivity index (χ0n) is 21.1. The van der Waals surface area contributed by atoms with E-state index in [0.717, 1.165) is 37.5 Å². The first-order chi connectivity index (χ1) is 17.9. The largest absolute Gasteiger partial charge is 0.494 e. The van der Waals surface area contributed by atoms with Crippen LogP contribution >= 0.6 is 0 Å². The molecule has 1 saturated heterocycles. The predicted molar refractivity (Wildman–Crippen MR) is 147 cm³/mol. The molecular formula is C32H36N2O2. The van der Waals surface area contributed by atoms with Gasteiger partial charge in [-0.05, 0) is 93.2 Å². The van der Waals surface area contributed by atoms with Crippen LogP contribution in [-0.4, -0.2) is 42.3 Å². The highest BCUT2D eigenvalue weighted by Crippen LogP contribution is 2.41. The van der Waals surface area contributed by atoms with Crippen LogP contribution in [0.5, 0.6) is 11.5 Å². The Bertz CT molecular complexity index is 1300. The Hall–Kier alpha value is -3.24. The van der Waals surface area contributed by atoms with E-state index in [1.807, 2.05) is 0 Å². The van der Waals surface area contributed by atoms with E-state index in [1.54, 1.807) is 0 Å². The Morgan fingerprint density at radius 2 is 1.61 bits per heavy atom. The van der Waals surface area contributed by atoms with E-state index >= 15 is 0 Å². The molecule has 0 atom stereocenters. The molecule has 0 radical (unpaired) electrons. The van der Waals surface area contributed by atoms with Gasteiger partial charge in [-0.1, -0.05) is 42.5 Å². The number of nitrogens with zero attached hydrogens (tertiary/aromatic N) is 2. The van der Waals surface area contributed by atoms with Crippen LogP contribution in [0.4, 0.5) is 0 Å². The van der Waals surface area contributed by atoms with Crippen LogP contribution in [0.1, 0.15) is 43.2 Å². The summed E-state index contributed by atoms with van der Waals surface area (Å²) in [5.41, 5.74) is 6.43. The van der Waals surface area contributed by atoms with Crippen molar-refractivity contribution in [1.29, 1.82) is 0 Å². The molecule has 4 heteroatoms. The highest BCUT2D eigenvalue weighted by molar-refractivity contribution is 5.93. The third-order valence-corrected chi connectivity index (χ3v) is 7.68. The van der Waals surface area contributed by atoms with Crippen molar-refractivity contribution >= 4 is 10.9 Å². The maximum absolute atomic E-state index is 6.11. The van der Waals surface area contributed by atoms with Crippen LogP contribution in [0.25, 0.3) is 22.2 Å². The van der Waals surface area contributed by atoms with E-state index in [1.165, 1.54) is 78.6 Å². The Labute approximate surface area is 214 Å². The fraction of sp³-hybridized carbons (Fsp3) is 0.375. The van der Waals surface area contributed by atoms with Crippen molar-refractivity contribution < 1.29 is 9.47 Å². The molecule has 3 aromatic carbocycles. The standard InChI is InChI=1S/C32H36N2O2/c1(6-19-33-20-7-8-21-33)9-22-35-26-16-14-25(15-17-26)24-34-30-12-4-2-10-27(30)28-18-23-36-31-13-5-3-11-29(31)32(28)34/h2-5,10-17H,1,6-9,18-24H2. The van der Waals surface area contributed by atoms with Gasteiger partial charge >= 0.3 is 0 Å². The van der Waals surface area contributed by atoms with Crippen LogP contribution in [0.2, 0.25) is 0 Å². The number of para-hydroxylation sites is 2. The fourth-order valence-electron chi connectivity index (χ4n) is 5.84. The molecule has 2 aliphatic rings. The lowest BCUT2D eigenvalue weighted by Crippen LogP contribution is -2.20. The molecule has 4 aromatic rings. The number of benzene rings is 3. The molecule has 0 bridgehead atoms. The molecule has 0 aliphatic carbocycles. The Morgan fingerprint density at radius 3 is 2.50 bits per heavy atom. The Kier molecular flexibility index (Phi) is 6.95. The summed E-state index contributed by atoms with van der Waals surface area (Å²) in [7, 11) is 0. The molecule has 1 fully saturated rings. The second kappa shape index (κ2) is 10.8. The van der Waals surface area contributed by atoms with E-state index in [-0.39, 0.29) is 0 Å². The van der Waals surface area contributed by atoms with Gasteiger partial charge in [0.05, 0.1) is 18.9 Å². The van der Waals surface area contributed by atoms with Gasteiger partial charge in [-0.15, -0.1) is 0 Å². The summed E-state index contributed by atoms with van der Waals surface area (Å²) in [5.74, 6) is 1.94. The second-order valence-electron chi connectivity index (χ2n) is 10.1. The third kappa shape index (κ3) is 4.87. The molecule has 0 saturated carbocycles. The van der Waals surface area contributed by atoms with Crippen molar-refractivity contribution in [2.24, 2.45) is 0 Å². The van der Waals surface area contributed by atoms with Crippen molar-refractivity contribution in [3.05, 3.63) is 83.9 Å². The number of fused-ring (bicyclic) bond motifs is 5. The summed E-state index contributed by atoms with van der Waals surface area (Å²) in [5, 5.41) is 1.33. The van der Waals surface area contributed by atoms with Gasteiger partial charge in [-0.2, -0.15) is 0 Å². The first kappa shape index (κ1) is 23.2. The van der Waals surface area contributed by atoms with Crippen LogP contribution in [-0.2, 0) is 13.0 Å². The van der Waals surface area contributed by atoms with Crippen LogP contribution in [0.15, 0.2) is 72.8 Å². The van der Waals surface area contributed by atoms with Gasteiger partial charge in [0.25, 0.3) is 0 Å². The molecule has 0 spiro atoms. The summed E-state index contributed by atoms with van der Waals surface area (Å²) in [6.07, 6.45) is 7.33. The lowest BCUT2D eigenvalue weighted by atomic mass is 10.0. The molecule has 0 N–H and O–H groups in total. The van der Waals surface area contributed by atoms with E-state index < -0.39 is 0 Å². The molecule has 1 aromatic heterocycles. The number of aromatic nitrogens is 1. The van der Waals surface area contributed by atoms with Gasteiger partial charge in [-0.25, -0.2) is 0 Å². The number of rotatable bonds is 9. The van der Waals surface area contributed by atoms with E-state index in [9.17, 15) is 0 Å². The van der Waals surface area contributed by atoms with Gasteiger partial charge < -0.3 is 18.9 Å². The van der Waals surface area contributed by atoms with Gasteiger partial charge in [0, 0.05) is 29.4 Å². The van der Waals surface area contributed by atoms with Crippen molar-refractivity contribution in [3.8, 4) is 22.8 Å². The van der Waals surface area contributed by atoms with Crippen molar-refractivity contribution in [3.63, 3.8) is 0 Å². The first-order valence-electron chi connectivity index (χ1n) is 13.6. The molecule has 4 nitrogen and oxygen atoms in total. The minimum atomic E-state index is 0.711. The van der Waals surface area contributed by atoms with Crippen LogP contribution < -0.4 is 9.47 Å². The Balaban J connectivity index is 1.15. The summed E-state index contributed by atoms with van der Waals surface area (Å²) >= 11 is 0. The van der Waals surface area contributed by atoms with Gasteiger partial charge in [0.2, 0.25) is 0 Å². The molecular weight excluding hydrogens is 444 g/mol. The fourth-order valence-corrected chi connectivity index (χ4v) is 5.84. The topological polar surface area (TPSA) is 26.6 Å². The highest BCUT2D eigenvalue weighted by atomic mass is 16.5. The van der Waals surface area contributed by atoms with E-state index in [0.29, 0.717) is 6.61 Å². The number of hydrogen-bond donors (Lipinski definition) is 0. The monoisotopic (exact) mass is 480 g/mol. The quantitative estimate of drug-likeness (QED) is 0.243. The maximum Gasteiger partial charge on any atom is 0.128 e. The average Bonchev–Trinajstić information content (AvgIpc) is 3.49. The summed E-state index contributed by atoms with van der Waals surface area (Å²) < 4.78 is 14.6. The predicted octanol–water partition coefficient (Wildman–Crippen LogP) is 6.94. The molecule has 0 amide bonds. The number of likely N-dealkylation sites (tertiary alicyclic amines) is 1. The van der Waals surface area contributed by atoms with Gasteiger partial charge in [0.15, 0.2) is 0 Å².